The van der Waals surface area contributed by atoms with Crippen LogP contribution >= 0.6 is 0 Å². The number of carbonyl (C=O) groups excluding carboxylic acids is 1. The minimum atomic E-state index is 0.138. The van der Waals surface area contributed by atoms with E-state index in [1.807, 2.05) is 4.90 Å². The van der Waals surface area contributed by atoms with Crippen LogP contribution in [0, 0.1) is 0 Å². The Bertz CT molecular complexity index is 226. The molecule has 0 aromatic carbocycles. The van der Waals surface area contributed by atoms with E-state index in [2.05, 4.69) is 12.2 Å². The van der Waals surface area contributed by atoms with Crippen LogP contribution in [-0.2, 0) is 4.79 Å². The lowest BCUT2D eigenvalue weighted by molar-refractivity contribution is -0.129. The van der Waals surface area contributed by atoms with Crippen LogP contribution in [0.25, 0.3) is 0 Å². The van der Waals surface area contributed by atoms with Gasteiger partial charge in [0.05, 0.1) is 6.04 Å². The van der Waals surface area contributed by atoms with Crippen LogP contribution in [0.4, 0.5) is 0 Å². The molecule has 1 saturated carbocycles. The third kappa shape index (κ3) is 2.94. The summed E-state index contributed by atoms with van der Waals surface area (Å²) in [6.07, 6.45) is 7.18. The molecule has 0 aromatic heterocycles. The highest BCUT2D eigenvalue weighted by atomic mass is 16.2. The van der Waals surface area contributed by atoms with Crippen LogP contribution in [0.15, 0.2) is 0 Å². The number of hydrogen-bond acceptors (Lipinski definition) is 2. The first-order chi connectivity index (χ1) is 7.31. The Morgan fingerprint density at radius 1 is 1.33 bits per heavy atom. The number of unbranched alkanes of at least 4 members (excludes halogenated alkanes) is 2. The quantitative estimate of drug-likeness (QED) is 0.674. The number of amides is 1. The normalized spacial score (nSPS) is 26.3. The van der Waals surface area contributed by atoms with Gasteiger partial charge in [0, 0.05) is 19.1 Å². The molecule has 1 amide bonds. The van der Waals surface area contributed by atoms with Gasteiger partial charge in [-0.3, -0.25) is 4.79 Å². The summed E-state index contributed by atoms with van der Waals surface area (Å²) in [5.74, 6) is 0.345. The predicted molar refractivity (Wildman–Crippen MR) is 60.7 cm³/mol. The van der Waals surface area contributed by atoms with E-state index in [0.29, 0.717) is 11.9 Å². The highest BCUT2D eigenvalue weighted by molar-refractivity contribution is 5.84. The van der Waals surface area contributed by atoms with E-state index in [1.165, 1.54) is 32.1 Å². The molecule has 1 atom stereocenters. The van der Waals surface area contributed by atoms with Crippen LogP contribution in [0.2, 0.25) is 0 Å². The van der Waals surface area contributed by atoms with Gasteiger partial charge in [-0.15, -0.1) is 0 Å². The molecule has 0 radical (unpaired) electrons. The molecule has 1 N–H and O–H groups in total. The summed E-state index contributed by atoms with van der Waals surface area (Å²) < 4.78 is 0. The van der Waals surface area contributed by atoms with Gasteiger partial charge in [0.25, 0.3) is 0 Å². The summed E-state index contributed by atoms with van der Waals surface area (Å²) in [6.45, 7) is 4.13. The van der Waals surface area contributed by atoms with Gasteiger partial charge >= 0.3 is 0 Å². The molecule has 2 fully saturated rings. The number of nitrogens with zero attached hydrogens (tertiary/aromatic N) is 1. The average molecular weight is 210 g/mol. The van der Waals surface area contributed by atoms with Crippen LogP contribution in [0.1, 0.15) is 45.4 Å². The molecule has 0 bridgehead atoms. The Kier molecular flexibility index (Phi) is 3.62. The summed E-state index contributed by atoms with van der Waals surface area (Å²) in [5.41, 5.74) is 0. The van der Waals surface area contributed by atoms with Gasteiger partial charge in [-0.05, 0) is 25.7 Å². The predicted octanol–water partition coefficient (Wildman–Crippen LogP) is 1.53. The van der Waals surface area contributed by atoms with Crippen molar-refractivity contribution in [2.45, 2.75) is 57.5 Å². The van der Waals surface area contributed by atoms with E-state index in [0.717, 1.165) is 19.5 Å². The van der Waals surface area contributed by atoms with Crippen LogP contribution < -0.4 is 5.32 Å². The Hall–Kier alpha value is -0.570. The molecule has 1 saturated heterocycles. The summed E-state index contributed by atoms with van der Waals surface area (Å²) in [5, 5.41) is 3.43. The molecule has 1 aliphatic heterocycles. The average Bonchev–Trinajstić information content (AvgIpc) is 2.98. The van der Waals surface area contributed by atoms with Gasteiger partial charge < -0.3 is 10.2 Å². The Labute approximate surface area is 92.2 Å². The molecule has 86 valence electrons. The zero-order valence-electron chi connectivity index (χ0n) is 9.67. The molecule has 2 aliphatic rings. The second-order valence-electron chi connectivity index (χ2n) is 4.81. The molecule has 1 aliphatic carbocycles. The largest absolute Gasteiger partial charge is 0.341 e. The van der Waals surface area contributed by atoms with E-state index in [-0.39, 0.29) is 6.04 Å². The Morgan fingerprint density at radius 3 is 2.80 bits per heavy atom. The Balaban J connectivity index is 1.70. The SMILES string of the molecule is CCCCCN1CCC(NC2CC2)C1=O. The second-order valence-corrected chi connectivity index (χ2v) is 4.81. The van der Waals surface area contributed by atoms with E-state index in [4.69, 9.17) is 0 Å². The second kappa shape index (κ2) is 4.97. The van der Waals surface area contributed by atoms with Crippen molar-refractivity contribution in [3.05, 3.63) is 0 Å². The number of likely N-dealkylation sites (tertiary alicyclic amines) is 1. The highest BCUT2D eigenvalue weighted by Gasteiger charge is 2.34. The first kappa shape index (κ1) is 10.9. The molecule has 15 heavy (non-hydrogen) atoms. The van der Waals surface area contributed by atoms with Gasteiger partial charge in [0.1, 0.15) is 0 Å². The van der Waals surface area contributed by atoms with Crippen molar-refractivity contribution in [2.24, 2.45) is 0 Å². The van der Waals surface area contributed by atoms with E-state index in [9.17, 15) is 4.79 Å². The Morgan fingerprint density at radius 2 is 2.13 bits per heavy atom. The van der Waals surface area contributed by atoms with Crippen molar-refractivity contribution < 1.29 is 4.79 Å². The number of hydrogen-bond donors (Lipinski definition) is 1. The van der Waals surface area contributed by atoms with Crippen molar-refractivity contribution >= 4 is 5.91 Å². The van der Waals surface area contributed by atoms with Crippen LogP contribution in [0.5, 0.6) is 0 Å². The van der Waals surface area contributed by atoms with Crippen LogP contribution in [0.3, 0.4) is 0 Å². The highest BCUT2D eigenvalue weighted by Crippen LogP contribution is 2.22. The van der Waals surface area contributed by atoms with E-state index >= 15 is 0 Å². The number of rotatable bonds is 6. The lowest BCUT2D eigenvalue weighted by atomic mass is 10.2. The smallest absolute Gasteiger partial charge is 0.239 e. The molecule has 3 nitrogen and oxygen atoms in total. The van der Waals surface area contributed by atoms with E-state index < -0.39 is 0 Å². The van der Waals surface area contributed by atoms with Crippen molar-refractivity contribution in [1.29, 1.82) is 0 Å². The molecule has 1 unspecified atom stereocenters. The molecular weight excluding hydrogens is 188 g/mol. The molecule has 2 rings (SSSR count). The third-order valence-electron chi connectivity index (χ3n) is 3.34. The first-order valence-electron chi connectivity index (χ1n) is 6.36. The zero-order valence-corrected chi connectivity index (χ0v) is 9.67. The van der Waals surface area contributed by atoms with Crippen molar-refractivity contribution in [3.63, 3.8) is 0 Å². The maximum absolute atomic E-state index is 11.9. The van der Waals surface area contributed by atoms with Gasteiger partial charge in [0.2, 0.25) is 5.91 Å². The molecule has 1 heterocycles. The standard InChI is InChI=1S/C12H22N2O/c1-2-3-4-8-14-9-7-11(12(14)15)13-10-5-6-10/h10-11,13H,2-9H2,1H3. The lowest BCUT2D eigenvalue weighted by Crippen LogP contribution is -2.39. The van der Waals surface area contributed by atoms with Gasteiger partial charge in [-0.2, -0.15) is 0 Å². The molecular formula is C12H22N2O. The molecule has 3 heteroatoms. The summed E-state index contributed by atoms with van der Waals surface area (Å²) in [4.78, 5) is 14.0. The summed E-state index contributed by atoms with van der Waals surface area (Å²) >= 11 is 0. The van der Waals surface area contributed by atoms with Crippen molar-refractivity contribution in [3.8, 4) is 0 Å². The summed E-state index contributed by atoms with van der Waals surface area (Å²) in [6, 6.07) is 0.786. The maximum atomic E-state index is 11.9. The van der Waals surface area contributed by atoms with Gasteiger partial charge in [0.15, 0.2) is 0 Å². The third-order valence-corrected chi connectivity index (χ3v) is 3.34. The first-order valence-corrected chi connectivity index (χ1v) is 6.36. The van der Waals surface area contributed by atoms with Crippen LogP contribution in [-0.4, -0.2) is 36.0 Å². The van der Waals surface area contributed by atoms with Gasteiger partial charge in [-0.25, -0.2) is 0 Å². The number of nitrogens with one attached hydrogen (secondary N) is 1. The fourth-order valence-electron chi connectivity index (χ4n) is 2.20. The fourth-order valence-corrected chi connectivity index (χ4v) is 2.20. The fraction of sp³-hybridized carbons (Fsp3) is 0.917. The van der Waals surface area contributed by atoms with Crippen molar-refractivity contribution in [1.82, 2.24) is 10.2 Å². The number of carbonyl (C=O) groups is 1. The summed E-state index contributed by atoms with van der Waals surface area (Å²) in [7, 11) is 0. The van der Waals surface area contributed by atoms with Crippen molar-refractivity contribution in [2.75, 3.05) is 13.1 Å². The van der Waals surface area contributed by atoms with E-state index in [1.54, 1.807) is 0 Å². The monoisotopic (exact) mass is 210 g/mol. The maximum Gasteiger partial charge on any atom is 0.239 e. The lowest BCUT2D eigenvalue weighted by Gasteiger charge is -2.16. The zero-order chi connectivity index (χ0) is 10.7. The minimum absolute atomic E-state index is 0.138. The van der Waals surface area contributed by atoms with Gasteiger partial charge in [-0.1, -0.05) is 19.8 Å². The molecule has 0 aromatic rings. The minimum Gasteiger partial charge on any atom is -0.341 e. The molecule has 0 spiro atoms. The topological polar surface area (TPSA) is 32.3 Å².